The third kappa shape index (κ3) is 3.92. The van der Waals surface area contributed by atoms with Gasteiger partial charge >= 0.3 is 0 Å². The van der Waals surface area contributed by atoms with Gasteiger partial charge in [0.15, 0.2) is 5.78 Å². The van der Waals surface area contributed by atoms with Crippen molar-refractivity contribution in [2.24, 2.45) is 0 Å². The largest absolute Gasteiger partial charge is 0.375 e. The minimum atomic E-state index is -0.421. The number of nitrogens with zero attached hydrogens (tertiary/aromatic N) is 1. The maximum absolute atomic E-state index is 14.0. The summed E-state index contributed by atoms with van der Waals surface area (Å²) in [5.74, 6) is -0.630. The molecule has 1 aliphatic carbocycles. The Labute approximate surface area is 137 Å². The maximum Gasteiger partial charge on any atom is 0.164 e. The lowest BCUT2D eigenvalue weighted by Crippen LogP contribution is -2.39. The molecule has 0 aromatic heterocycles. The molecule has 1 saturated heterocycles. The molecule has 0 spiro atoms. The lowest BCUT2D eigenvalue weighted by molar-refractivity contribution is -0.0395. The van der Waals surface area contributed by atoms with E-state index < -0.39 is 5.82 Å². The molecule has 3 nitrogen and oxygen atoms in total. The lowest BCUT2D eigenvalue weighted by atomic mass is 9.97. The van der Waals surface area contributed by atoms with Crippen molar-refractivity contribution in [2.75, 3.05) is 18.0 Å². The predicted octanol–water partition coefficient (Wildman–Crippen LogP) is 4.35. The molecule has 3 rings (SSSR count). The topological polar surface area (TPSA) is 29.5 Å². The molecular formula is C19H26FNO2. The van der Waals surface area contributed by atoms with Gasteiger partial charge in [-0.3, -0.25) is 4.79 Å². The summed E-state index contributed by atoms with van der Waals surface area (Å²) in [7, 11) is 0. The van der Waals surface area contributed by atoms with E-state index in [4.69, 9.17) is 4.74 Å². The average Bonchev–Trinajstić information content (AvgIpc) is 2.56. The summed E-state index contributed by atoms with van der Waals surface area (Å²) in [6.07, 6.45) is 8.94. The molecule has 2 fully saturated rings. The van der Waals surface area contributed by atoms with Gasteiger partial charge in [-0.05, 0) is 44.7 Å². The van der Waals surface area contributed by atoms with E-state index in [1.165, 1.54) is 45.1 Å². The van der Waals surface area contributed by atoms with Crippen LogP contribution in [0.25, 0.3) is 0 Å². The number of piperidine rings is 1. The van der Waals surface area contributed by atoms with Crippen LogP contribution < -0.4 is 4.90 Å². The first-order valence-corrected chi connectivity index (χ1v) is 8.85. The van der Waals surface area contributed by atoms with Gasteiger partial charge in [-0.15, -0.1) is 0 Å². The summed E-state index contributed by atoms with van der Waals surface area (Å²) in [5.41, 5.74) is 0.952. The van der Waals surface area contributed by atoms with Crippen LogP contribution in [0.15, 0.2) is 18.2 Å². The normalized spacial score (nSPS) is 20.7. The molecule has 0 unspecified atom stereocenters. The van der Waals surface area contributed by atoms with Crippen LogP contribution in [0.2, 0.25) is 0 Å². The molecule has 4 heteroatoms. The van der Waals surface area contributed by atoms with Gasteiger partial charge in [0.25, 0.3) is 0 Å². The minimum absolute atomic E-state index is 0.210. The molecule has 126 valence electrons. The number of anilines is 1. The number of hydrogen-bond acceptors (Lipinski definition) is 3. The fraction of sp³-hybridized carbons (Fsp3) is 0.632. The maximum atomic E-state index is 14.0. The van der Waals surface area contributed by atoms with Crippen LogP contribution in [0.5, 0.6) is 0 Å². The molecule has 0 radical (unpaired) electrons. The number of hydrogen-bond donors (Lipinski definition) is 0. The third-order valence-corrected chi connectivity index (χ3v) is 5.06. The highest BCUT2D eigenvalue weighted by Gasteiger charge is 2.26. The molecule has 1 saturated carbocycles. The van der Waals surface area contributed by atoms with E-state index in [0.717, 1.165) is 31.6 Å². The molecular weight excluding hydrogens is 293 g/mol. The van der Waals surface area contributed by atoms with E-state index in [1.54, 1.807) is 6.07 Å². The van der Waals surface area contributed by atoms with E-state index in [0.29, 0.717) is 12.2 Å². The van der Waals surface area contributed by atoms with Crippen LogP contribution in [0, 0.1) is 5.82 Å². The molecule has 2 aliphatic rings. The molecule has 0 bridgehead atoms. The second-order valence-corrected chi connectivity index (χ2v) is 6.77. The Bertz CT molecular complexity index is 546. The van der Waals surface area contributed by atoms with Crippen molar-refractivity contribution in [3.63, 3.8) is 0 Å². The highest BCUT2D eigenvalue weighted by atomic mass is 19.1. The van der Waals surface area contributed by atoms with Crippen LogP contribution in [0.4, 0.5) is 10.1 Å². The fourth-order valence-corrected chi connectivity index (χ4v) is 3.83. The Morgan fingerprint density at radius 3 is 2.39 bits per heavy atom. The minimum Gasteiger partial charge on any atom is -0.375 e. The second-order valence-electron chi connectivity index (χ2n) is 6.77. The van der Waals surface area contributed by atoms with Crippen LogP contribution >= 0.6 is 0 Å². The van der Waals surface area contributed by atoms with Crippen LogP contribution in [0.1, 0.15) is 62.2 Å². The zero-order chi connectivity index (χ0) is 16.2. The van der Waals surface area contributed by atoms with Gasteiger partial charge in [0.2, 0.25) is 0 Å². The van der Waals surface area contributed by atoms with E-state index in [9.17, 15) is 9.18 Å². The van der Waals surface area contributed by atoms with Crippen molar-refractivity contribution < 1.29 is 13.9 Å². The zero-order valence-electron chi connectivity index (χ0n) is 13.9. The van der Waals surface area contributed by atoms with Crippen LogP contribution in [-0.2, 0) is 4.74 Å². The number of ether oxygens (including phenoxy) is 1. The van der Waals surface area contributed by atoms with Crippen molar-refractivity contribution in [3.8, 4) is 0 Å². The van der Waals surface area contributed by atoms with Gasteiger partial charge in [-0.25, -0.2) is 4.39 Å². The summed E-state index contributed by atoms with van der Waals surface area (Å²) >= 11 is 0. The first kappa shape index (κ1) is 16.4. The van der Waals surface area contributed by atoms with Crippen LogP contribution in [0.3, 0.4) is 0 Å². The molecule has 1 aliphatic heterocycles. The van der Waals surface area contributed by atoms with Crippen molar-refractivity contribution >= 4 is 11.5 Å². The number of halogens is 1. The first-order valence-electron chi connectivity index (χ1n) is 8.85. The summed E-state index contributed by atoms with van der Waals surface area (Å²) in [5, 5.41) is 0. The van der Waals surface area contributed by atoms with Gasteiger partial charge in [-0.2, -0.15) is 0 Å². The first-order chi connectivity index (χ1) is 11.1. The number of carbonyl (C=O) groups excluding carboxylic acids is 1. The quantitative estimate of drug-likeness (QED) is 0.773. The highest BCUT2D eigenvalue weighted by Crippen LogP contribution is 2.29. The molecule has 0 atom stereocenters. The molecule has 0 amide bonds. The Hall–Kier alpha value is -1.42. The summed E-state index contributed by atoms with van der Waals surface area (Å²) < 4.78 is 20.2. The van der Waals surface area contributed by atoms with E-state index in [-0.39, 0.29) is 11.3 Å². The van der Waals surface area contributed by atoms with Crippen molar-refractivity contribution in [1.82, 2.24) is 0 Å². The average molecular weight is 319 g/mol. The van der Waals surface area contributed by atoms with E-state index in [2.05, 4.69) is 4.90 Å². The Morgan fingerprint density at radius 2 is 1.74 bits per heavy atom. The Morgan fingerprint density at radius 1 is 1.09 bits per heavy atom. The number of ketones is 1. The van der Waals surface area contributed by atoms with Crippen molar-refractivity contribution in [3.05, 3.63) is 29.6 Å². The van der Waals surface area contributed by atoms with E-state index in [1.807, 2.05) is 6.07 Å². The van der Waals surface area contributed by atoms with Gasteiger partial charge in [0.05, 0.1) is 23.5 Å². The highest BCUT2D eigenvalue weighted by molar-refractivity contribution is 6.00. The van der Waals surface area contributed by atoms with Gasteiger partial charge in [-0.1, -0.05) is 25.3 Å². The number of carbonyl (C=O) groups is 1. The van der Waals surface area contributed by atoms with Crippen LogP contribution in [-0.4, -0.2) is 31.1 Å². The number of rotatable bonds is 4. The Kier molecular flexibility index (Phi) is 5.31. The standard InChI is InChI=1S/C19H26FNO2/c1-14(22)19-17(20)8-5-9-18(19)21-12-10-16(11-13-21)23-15-6-3-2-4-7-15/h5,8-9,15-16H,2-4,6-7,10-13H2,1H3. The molecule has 23 heavy (non-hydrogen) atoms. The predicted molar refractivity (Wildman–Crippen MR) is 89.6 cm³/mol. The summed E-state index contributed by atoms with van der Waals surface area (Å²) in [4.78, 5) is 13.9. The molecule has 1 aromatic carbocycles. The smallest absolute Gasteiger partial charge is 0.164 e. The fourth-order valence-electron chi connectivity index (χ4n) is 3.83. The molecule has 1 aromatic rings. The zero-order valence-corrected chi connectivity index (χ0v) is 13.9. The van der Waals surface area contributed by atoms with Gasteiger partial charge < -0.3 is 9.64 Å². The van der Waals surface area contributed by atoms with Crippen molar-refractivity contribution in [2.45, 2.75) is 64.1 Å². The monoisotopic (exact) mass is 319 g/mol. The Balaban J connectivity index is 1.61. The summed E-state index contributed by atoms with van der Waals surface area (Å²) in [6.45, 7) is 3.07. The number of Topliss-reactive ketones (excluding diaryl/α,β-unsaturated/α-hetero) is 1. The molecule has 0 N–H and O–H groups in total. The van der Waals surface area contributed by atoms with E-state index >= 15 is 0 Å². The third-order valence-electron chi connectivity index (χ3n) is 5.06. The van der Waals surface area contributed by atoms with Gasteiger partial charge in [0.1, 0.15) is 5.82 Å². The second kappa shape index (κ2) is 7.43. The SMILES string of the molecule is CC(=O)c1c(F)cccc1N1CCC(OC2CCCCC2)CC1. The number of benzene rings is 1. The summed E-state index contributed by atoms with van der Waals surface area (Å²) in [6, 6.07) is 4.89. The van der Waals surface area contributed by atoms with Crippen molar-refractivity contribution in [1.29, 1.82) is 0 Å². The van der Waals surface area contributed by atoms with Gasteiger partial charge in [0, 0.05) is 13.1 Å². The molecule has 1 heterocycles. The lowest BCUT2D eigenvalue weighted by Gasteiger charge is -2.36.